The van der Waals surface area contributed by atoms with Crippen LogP contribution in [0.15, 0.2) is 48.6 Å². The summed E-state index contributed by atoms with van der Waals surface area (Å²) in [5.74, 6) is 0. The van der Waals surface area contributed by atoms with Gasteiger partial charge in [-0.3, -0.25) is 0 Å². The molecule has 0 radical (unpaired) electrons. The summed E-state index contributed by atoms with van der Waals surface area (Å²) < 4.78 is 0. The van der Waals surface area contributed by atoms with Gasteiger partial charge in [0.1, 0.15) is 0 Å². The van der Waals surface area contributed by atoms with Crippen molar-refractivity contribution >= 4 is 11.8 Å². The molecule has 1 heteroatoms. The smallest absolute Gasteiger partial charge is 0.0422 e. The lowest BCUT2D eigenvalue weighted by atomic mass is 10.0. The number of hydrogen-bond donors (Lipinski definition) is 1. The van der Waals surface area contributed by atoms with Gasteiger partial charge in [0.15, 0.2) is 0 Å². The van der Waals surface area contributed by atoms with Crippen LogP contribution in [-0.2, 0) is 0 Å². The fraction of sp³-hybridized carbons (Fsp3) is 0.143. The van der Waals surface area contributed by atoms with Crippen molar-refractivity contribution in [3.8, 4) is 0 Å². The molecule has 0 amide bonds. The monoisotopic (exact) mass is 197 g/mol. The van der Waals surface area contributed by atoms with Crippen LogP contribution in [0.4, 0.5) is 0 Å². The average molecular weight is 197 g/mol. The van der Waals surface area contributed by atoms with Gasteiger partial charge >= 0.3 is 0 Å². The summed E-state index contributed by atoms with van der Waals surface area (Å²) in [4.78, 5) is 0. The molecule has 0 fully saturated rings. The van der Waals surface area contributed by atoms with E-state index in [9.17, 15) is 0 Å². The van der Waals surface area contributed by atoms with Gasteiger partial charge in [0.05, 0.1) is 0 Å². The van der Waals surface area contributed by atoms with Gasteiger partial charge in [-0.15, -0.1) is 0 Å². The predicted molar refractivity (Wildman–Crippen MR) is 66.3 cm³/mol. The summed E-state index contributed by atoms with van der Waals surface area (Å²) in [6.07, 6.45) is 6.18. The van der Waals surface area contributed by atoms with E-state index in [0.29, 0.717) is 0 Å². The number of benzene rings is 1. The Kier molecular flexibility index (Phi) is 2.72. The van der Waals surface area contributed by atoms with Crippen LogP contribution in [0, 0.1) is 0 Å². The molecule has 1 heterocycles. The van der Waals surface area contributed by atoms with E-state index in [-0.39, 0.29) is 0 Å². The van der Waals surface area contributed by atoms with Crippen LogP contribution in [0.1, 0.15) is 18.1 Å². The van der Waals surface area contributed by atoms with Gasteiger partial charge in [-0.2, -0.15) is 0 Å². The highest BCUT2D eigenvalue weighted by atomic mass is 14.9. The molecule has 1 N–H and O–H groups in total. The molecule has 0 aromatic heterocycles. The van der Waals surface area contributed by atoms with Crippen molar-refractivity contribution in [3.63, 3.8) is 0 Å². The van der Waals surface area contributed by atoms with E-state index >= 15 is 0 Å². The Morgan fingerprint density at radius 1 is 1.27 bits per heavy atom. The van der Waals surface area contributed by atoms with Crippen molar-refractivity contribution in [1.29, 1.82) is 0 Å². The van der Waals surface area contributed by atoms with Crippen molar-refractivity contribution in [2.45, 2.75) is 6.92 Å². The second kappa shape index (κ2) is 4.18. The molecule has 0 saturated heterocycles. The molecule has 1 aliphatic rings. The van der Waals surface area contributed by atoms with Crippen LogP contribution >= 0.6 is 0 Å². The molecule has 0 unspecified atom stereocenters. The summed E-state index contributed by atoms with van der Waals surface area (Å²) in [5.41, 5.74) is 4.92. The predicted octanol–water partition coefficient (Wildman–Crippen LogP) is 3.22. The molecule has 2 rings (SSSR count). The first kappa shape index (κ1) is 9.78. The van der Waals surface area contributed by atoms with E-state index in [1.807, 2.05) is 12.1 Å². The van der Waals surface area contributed by atoms with Gasteiger partial charge in [0.2, 0.25) is 0 Å². The second-order valence-corrected chi connectivity index (χ2v) is 3.74. The Balaban J connectivity index is 2.42. The maximum absolute atomic E-state index is 3.83. The maximum Gasteiger partial charge on any atom is 0.0422 e. The minimum Gasteiger partial charge on any atom is -0.381 e. The van der Waals surface area contributed by atoms with Crippen LogP contribution < -0.4 is 5.32 Å². The largest absolute Gasteiger partial charge is 0.381 e. The average Bonchev–Trinajstić information content (AvgIpc) is 2.30. The van der Waals surface area contributed by atoms with Crippen molar-refractivity contribution < 1.29 is 0 Å². The normalized spacial score (nSPS) is 15.0. The van der Waals surface area contributed by atoms with Gasteiger partial charge in [-0.25, -0.2) is 0 Å². The van der Waals surface area contributed by atoms with Crippen molar-refractivity contribution in [2.75, 3.05) is 6.54 Å². The number of rotatable bonds is 2. The first-order valence-corrected chi connectivity index (χ1v) is 5.14. The van der Waals surface area contributed by atoms with Crippen LogP contribution in [0.5, 0.6) is 0 Å². The van der Waals surface area contributed by atoms with Crippen LogP contribution in [-0.4, -0.2) is 6.54 Å². The summed E-state index contributed by atoms with van der Waals surface area (Å²) >= 11 is 0. The highest BCUT2D eigenvalue weighted by Gasteiger charge is 2.06. The lowest BCUT2D eigenvalue weighted by Gasteiger charge is -2.17. The molecule has 76 valence electrons. The van der Waals surface area contributed by atoms with Crippen LogP contribution in [0.2, 0.25) is 0 Å². The Hall–Kier alpha value is -1.76. The number of hydrogen-bond acceptors (Lipinski definition) is 1. The highest BCUT2D eigenvalue weighted by Crippen LogP contribution is 2.20. The van der Waals surface area contributed by atoms with Gasteiger partial charge in [-0.1, -0.05) is 48.6 Å². The summed E-state index contributed by atoms with van der Waals surface area (Å²) in [6, 6.07) is 8.28. The van der Waals surface area contributed by atoms with E-state index in [0.717, 1.165) is 6.54 Å². The third kappa shape index (κ3) is 2.01. The van der Waals surface area contributed by atoms with Crippen LogP contribution in [0.3, 0.4) is 0 Å². The minimum atomic E-state index is 0.928. The minimum absolute atomic E-state index is 0.928. The fourth-order valence-electron chi connectivity index (χ4n) is 1.68. The Morgan fingerprint density at radius 3 is 2.73 bits per heavy atom. The summed E-state index contributed by atoms with van der Waals surface area (Å²) in [6.45, 7) is 6.88. The number of allylic oxidation sites excluding steroid dienone is 2. The molecule has 1 aromatic carbocycles. The topological polar surface area (TPSA) is 12.0 Å². The van der Waals surface area contributed by atoms with Gasteiger partial charge in [0.25, 0.3) is 0 Å². The molecular weight excluding hydrogens is 182 g/mol. The lowest BCUT2D eigenvalue weighted by molar-refractivity contribution is 0.941. The molecule has 0 aliphatic carbocycles. The van der Waals surface area contributed by atoms with E-state index in [4.69, 9.17) is 0 Å². The van der Waals surface area contributed by atoms with Crippen molar-refractivity contribution in [1.82, 2.24) is 5.32 Å². The van der Waals surface area contributed by atoms with Crippen molar-refractivity contribution in [2.24, 2.45) is 0 Å². The third-order valence-electron chi connectivity index (χ3n) is 2.56. The first-order chi connectivity index (χ1) is 7.31. The Morgan fingerprint density at radius 2 is 2.07 bits per heavy atom. The number of dihydropyridines is 1. The molecule has 1 aliphatic heterocycles. The van der Waals surface area contributed by atoms with E-state index < -0.39 is 0 Å². The Labute approximate surface area is 90.8 Å². The highest BCUT2D eigenvalue weighted by molar-refractivity contribution is 5.74. The summed E-state index contributed by atoms with van der Waals surface area (Å²) in [5, 5.41) is 3.40. The molecular formula is C14H15N. The zero-order chi connectivity index (χ0) is 10.7. The molecule has 0 bridgehead atoms. The molecule has 0 saturated carbocycles. The maximum atomic E-state index is 3.83. The van der Waals surface area contributed by atoms with Gasteiger partial charge in [0, 0.05) is 17.8 Å². The van der Waals surface area contributed by atoms with E-state index in [2.05, 4.69) is 49.2 Å². The zero-order valence-corrected chi connectivity index (χ0v) is 8.96. The third-order valence-corrected chi connectivity index (χ3v) is 2.56. The Bertz CT molecular complexity index is 438. The van der Waals surface area contributed by atoms with E-state index in [1.54, 1.807) is 0 Å². The fourth-order valence-corrected chi connectivity index (χ4v) is 1.68. The number of nitrogens with one attached hydrogen (secondary N) is 1. The second-order valence-electron chi connectivity index (χ2n) is 3.74. The molecule has 1 nitrogen and oxygen atoms in total. The first-order valence-electron chi connectivity index (χ1n) is 5.14. The molecule has 0 spiro atoms. The van der Waals surface area contributed by atoms with E-state index in [1.165, 1.54) is 22.4 Å². The lowest BCUT2D eigenvalue weighted by Crippen LogP contribution is -2.17. The van der Waals surface area contributed by atoms with Crippen LogP contribution in [0.25, 0.3) is 11.8 Å². The SMILES string of the molecule is C=Cc1ccccc1C1=CC=C(C)CN1. The van der Waals surface area contributed by atoms with Crippen molar-refractivity contribution in [3.05, 3.63) is 59.7 Å². The van der Waals surface area contributed by atoms with Gasteiger partial charge in [-0.05, 0) is 18.6 Å². The molecule has 0 atom stereocenters. The standard InChI is InChI=1S/C14H15N/c1-3-12-6-4-5-7-13(12)14-9-8-11(2)10-15-14/h3-9,15H,1,10H2,2H3. The zero-order valence-electron chi connectivity index (χ0n) is 8.96. The molecule has 1 aromatic rings. The van der Waals surface area contributed by atoms with Gasteiger partial charge < -0.3 is 5.32 Å². The summed E-state index contributed by atoms with van der Waals surface area (Å²) in [7, 11) is 0. The molecule has 15 heavy (non-hydrogen) atoms. The quantitative estimate of drug-likeness (QED) is 0.767.